The molecule has 0 aliphatic rings. The van der Waals surface area contributed by atoms with Gasteiger partial charge in [0.05, 0.1) is 38.1 Å². The van der Waals surface area contributed by atoms with E-state index in [0.29, 0.717) is 19.8 Å². The van der Waals surface area contributed by atoms with Gasteiger partial charge < -0.3 is 19.7 Å². The van der Waals surface area contributed by atoms with Crippen LogP contribution in [0.5, 0.6) is 0 Å². The van der Waals surface area contributed by atoms with Crippen molar-refractivity contribution < 1.29 is 19.7 Å². The highest BCUT2D eigenvalue weighted by atomic mass is 16.5. The van der Waals surface area contributed by atoms with Crippen molar-refractivity contribution in [1.82, 2.24) is 0 Å². The Bertz CT molecular complexity index is 125. The Balaban J connectivity index is 3.48. The molecule has 0 radical (unpaired) electrons. The Morgan fingerprint density at radius 1 is 1.00 bits per heavy atom. The SMILES string of the molecule is CCC(COC[C@H](C)O)OC[C@H](C)O. The van der Waals surface area contributed by atoms with Crippen LogP contribution in [0.4, 0.5) is 0 Å². The van der Waals surface area contributed by atoms with Crippen LogP contribution in [0.2, 0.25) is 0 Å². The minimum Gasteiger partial charge on any atom is -0.391 e. The first-order chi connectivity index (χ1) is 6.56. The molecule has 0 amide bonds. The van der Waals surface area contributed by atoms with Crippen LogP contribution in [0.3, 0.4) is 0 Å². The molecule has 0 bridgehead atoms. The van der Waals surface area contributed by atoms with Gasteiger partial charge >= 0.3 is 0 Å². The third kappa shape index (κ3) is 8.44. The van der Waals surface area contributed by atoms with Crippen LogP contribution in [0, 0.1) is 0 Å². The molecule has 0 rings (SSSR count). The fourth-order valence-corrected chi connectivity index (χ4v) is 0.929. The lowest BCUT2D eigenvalue weighted by molar-refractivity contribution is -0.0576. The zero-order valence-corrected chi connectivity index (χ0v) is 9.27. The quantitative estimate of drug-likeness (QED) is 0.609. The first-order valence-corrected chi connectivity index (χ1v) is 5.11. The molecule has 0 heterocycles. The molecule has 0 aromatic carbocycles. The predicted molar refractivity (Wildman–Crippen MR) is 54.2 cm³/mol. The fraction of sp³-hybridized carbons (Fsp3) is 1.00. The summed E-state index contributed by atoms with van der Waals surface area (Å²) in [7, 11) is 0. The number of ether oxygens (including phenoxy) is 2. The summed E-state index contributed by atoms with van der Waals surface area (Å²) >= 11 is 0. The molecule has 0 saturated heterocycles. The van der Waals surface area contributed by atoms with Gasteiger partial charge in [-0.25, -0.2) is 0 Å². The molecule has 0 saturated carbocycles. The summed E-state index contributed by atoms with van der Waals surface area (Å²) in [5.41, 5.74) is 0. The van der Waals surface area contributed by atoms with Crippen molar-refractivity contribution in [3.8, 4) is 0 Å². The molecule has 0 fully saturated rings. The largest absolute Gasteiger partial charge is 0.391 e. The second-order valence-electron chi connectivity index (χ2n) is 3.60. The minimum absolute atomic E-state index is 0.00310. The topological polar surface area (TPSA) is 58.9 Å². The number of rotatable bonds is 8. The van der Waals surface area contributed by atoms with E-state index in [0.717, 1.165) is 6.42 Å². The number of hydrogen-bond donors (Lipinski definition) is 2. The standard InChI is InChI=1S/C10H22O4/c1-4-10(14-6-9(3)12)7-13-5-8(2)11/h8-12H,4-7H2,1-3H3/t8-,9-,10?/m0/s1. The Hall–Kier alpha value is -0.160. The lowest BCUT2D eigenvalue weighted by atomic mass is 10.3. The summed E-state index contributed by atoms with van der Waals surface area (Å²) in [6.07, 6.45) is -0.0413. The van der Waals surface area contributed by atoms with Gasteiger partial charge in [-0.3, -0.25) is 0 Å². The highest BCUT2D eigenvalue weighted by Gasteiger charge is 2.08. The van der Waals surface area contributed by atoms with Crippen LogP contribution in [-0.4, -0.2) is 48.3 Å². The molecular formula is C10H22O4. The van der Waals surface area contributed by atoms with Crippen LogP contribution in [0.15, 0.2) is 0 Å². The smallest absolute Gasteiger partial charge is 0.0807 e. The van der Waals surface area contributed by atoms with E-state index in [1.807, 2.05) is 6.92 Å². The van der Waals surface area contributed by atoms with Crippen molar-refractivity contribution in [2.45, 2.75) is 45.5 Å². The van der Waals surface area contributed by atoms with Crippen molar-refractivity contribution in [2.75, 3.05) is 19.8 Å². The summed E-state index contributed by atoms with van der Waals surface area (Å²) in [5.74, 6) is 0. The lowest BCUT2D eigenvalue weighted by Crippen LogP contribution is -2.25. The van der Waals surface area contributed by atoms with Gasteiger partial charge in [0.25, 0.3) is 0 Å². The van der Waals surface area contributed by atoms with Crippen LogP contribution in [-0.2, 0) is 9.47 Å². The van der Waals surface area contributed by atoms with E-state index in [9.17, 15) is 0 Å². The average Bonchev–Trinajstić information content (AvgIpc) is 2.10. The fourth-order valence-electron chi connectivity index (χ4n) is 0.929. The molecule has 0 spiro atoms. The second kappa shape index (κ2) is 8.17. The van der Waals surface area contributed by atoms with Crippen LogP contribution < -0.4 is 0 Å². The van der Waals surface area contributed by atoms with E-state index in [2.05, 4.69) is 0 Å². The summed E-state index contributed by atoms with van der Waals surface area (Å²) in [6, 6.07) is 0. The predicted octanol–water partition coefficient (Wildman–Crippen LogP) is 0.560. The number of aliphatic hydroxyl groups is 2. The summed E-state index contributed by atoms with van der Waals surface area (Å²) in [5, 5.41) is 18.0. The van der Waals surface area contributed by atoms with Crippen molar-refractivity contribution in [1.29, 1.82) is 0 Å². The van der Waals surface area contributed by atoms with Gasteiger partial charge in [-0.1, -0.05) is 6.92 Å². The molecule has 3 atom stereocenters. The molecule has 14 heavy (non-hydrogen) atoms. The molecular weight excluding hydrogens is 184 g/mol. The molecule has 0 aromatic heterocycles. The molecule has 0 aromatic rings. The highest BCUT2D eigenvalue weighted by Crippen LogP contribution is 2.00. The maximum Gasteiger partial charge on any atom is 0.0807 e. The monoisotopic (exact) mass is 206 g/mol. The Kier molecular flexibility index (Phi) is 8.08. The maximum absolute atomic E-state index is 9.00. The van der Waals surface area contributed by atoms with Gasteiger partial charge in [-0.2, -0.15) is 0 Å². The maximum atomic E-state index is 9.00. The minimum atomic E-state index is -0.444. The van der Waals surface area contributed by atoms with Crippen LogP contribution in [0.1, 0.15) is 27.2 Å². The zero-order chi connectivity index (χ0) is 11.0. The average molecular weight is 206 g/mol. The molecule has 4 heteroatoms. The van der Waals surface area contributed by atoms with Gasteiger partial charge in [0.2, 0.25) is 0 Å². The Morgan fingerprint density at radius 2 is 1.57 bits per heavy atom. The van der Waals surface area contributed by atoms with Gasteiger partial charge in [-0.05, 0) is 20.3 Å². The number of hydrogen-bond acceptors (Lipinski definition) is 4. The van der Waals surface area contributed by atoms with E-state index < -0.39 is 12.2 Å². The first kappa shape index (κ1) is 13.8. The van der Waals surface area contributed by atoms with Gasteiger partial charge in [0.1, 0.15) is 0 Å². The van der Waals surface area contributed by atoms with E-state index in [4.69, 9.17) is 19.7 Å². The molecule has 1 unspecified atom stereocenters. The van der Waals surface area contributed by atoms with E-state index in [1.54, 1.807) is 13.8 Å². The van der Waals surface area contributed by atoms with E-state index >= 15 is 0 Å². The van der Waals surface area contributed by atoms with E-state index in [-0.39, 0.29) is 6.10 Å². The molecule has 0 aliphatic carbocycles. The van der Waals surface area contributed by atoms with Gasteiger partial charge in [0, 0.05) is 0 Å². The summed E-state index contributed by atoms with van der Waals surface area (Å²) in [4.78, 5) is 0. The van der Waals surface area contributed by atoms with Gasteiger partial charge in [0.15, 0.2) is 0 Å². The third-order valence-electron chi connectivity index (χ3n) is 1.69. The van der Waals surface area contributed by atoms with Crippen molar-refractivity contribution in [3.63, 3.8) is 0 Å². The number of aliphatic hydroxyl groups excluding tert-OH is 2. The van der Waals surface area contributed by atoms with Crippen molar-refractivity contribution in [2.24, 2.45) is 0 Å². The van der Waals surface area contributed by atoms with E-state index in [1.165, 1.54) is 0 Å². The molecule has 0 aliphatic heterocycles. The normalized spacial score (nSPS) is 17.8. The molecule has 86 valence electrons. The van der Waals surface area contributed by atoms with Crippen LogP contribution in [0.25, 0.3) is 0 Å². The molecule has 4 nitrogen and oxygen atoms in total. The molecule has 2 N–H and O–H groups in total. The Morgan fingerprint density at radius 3 is 2.00 bits per heavy atom. The summed E-state index contributed by atoms with van der Waals surface area (Å²) in [6.45, 7) is 6.48. The highest BCUT2D eigenvalue weighted by molar-refractivity contribution is 4.56. The third-order valence-corrected chi connectivity index (χ3v) is 1.69. The van der Waals surface area contributed by atoms with Crippen molar-refractivity contribution in [3.05, 3.63) is 0 Å². The van der Waals surface area contributed by atoms with Crippen molar-refractivity contribution >= 4 is 0 Å². The van der Waals surface area contributed by atoms with Crippen LogP contribution >= 0.6 is 0 Å². The first-order valence-electron chi connectivity index (χ1n) is 5.11. The van der Waals surface area contributed by atoms with Gasteiger partial charge in [-0.15, -0.1) is 0 Å². The Labute approximate surface area is 85.8 Å². The second-order valence-corrected chi connectivity index (χ2v) is 3.60. The lowest BCUT2D eigenvalue weighted by Gasteiger charge is -2.17. The summed E-state index contributed by atoms with van der Waals surface area (Å²) < 4.78 is 10.6. The zero-order valence-electron chi connectivity index (χ0n) is 9.27.